The summed E-state index contributed by atoms with van der Waals surface area (Å²) in [7, 11) is 0. The highest BCUT2D eigenvalue weighted by Crippen LogP contribution is 2.33. The van der Waals surface area contributed by atoms with Crippen LogP contribution in [0, 0.1) is 0 Å². The molecule has 0 radical (unpaired) electrons. The second kappa shape index (κ2) is 3.12. The molecule has 0 saturated heterocycles. The summed E-state index contributed by atoms with van der Waals surface area (Å²) in [6.45, 7) is 0. The van der Waals surface area contributed by atoms with Crippen molar-refractivity contribution in [1.82, 2.24) is 0 Å². The van der Waals surface area contributed by atoms with Crippen molar-refractivity contribution in [3.63, 3.8) is 0 Å². The molecule has 0 spiro atoms. The van der Waals surface area contributed by atoms with Gasteiger partial charge in [0.15, 0.2) is 6.29 Å². The fourth-order valence-corrected chi connectivity index (χ4v) is 2.52. The molecule has 0 amide bonds. The molecule has 1 aromatic carbocycles. The zero-order valence-electron chi connectivity index (χ0n) is 6.58. The molecule has 2 aromatic rings. The molecule has 0 fully saturated rings. The second-order valence-electron chi connectivity index (χ2n) is 2.64. The van der Waals surface area contributed by atoms with Crippen molar-refractivity contribution in [1.29, 1.82) is 0 Å². The van der Waals surface area contributed by atoms with E-state index < -0.39 is 0 Å². The average Bonchev–Trinajstić information content (AvgIpc) is 2.54. The lowest BCUT2D eigenvalue weighted by Gasteiger charge is -2.02. The Kier molecular flexibility index (Phi) is 2.09. The molecule has 2 N–H and O–H groups in total. The van der Waals surface area contributed by atoms with E-state index in [0.29, 0.717) is 15.7 Å². The molecule has 66 valence electrons. The second-order valence-corrected chi connectivity index (χ2v) is 4.38. The molecular formula is C9H6BrNOS. The molecule has 0 aliphatic carbocycles. The number of nitrogen functional groups attached to an aromatic ring is 1. The largest absolute Gasteiger partial charge is 0.398 e. The van der Waals surface area contributed by atoms with Gasteiger partial charge in [0.2, 0.25) is 0 Å². The van der Waals surface area contributed by atoms with Crippen LogP contribution in [0.4, 0.5) is 5.69 Å². The summed E-state index contributed by atoms with van der Waals surface area (Å²) in [6, 6.07) is 3.80. The maximum absolute atomic E-state index is 10.8. The van der Waals surface area contributed by atoms with Crippen molar-refractivity contribution >= 4 is 49.3 Å². The van der Waals surface area contributed by atoms with E-state index in [-0.39, 0.29) is 0 Å². The van der Waals surface area contributed by atoms with Crippen LogP contribution in [0.5, 0.6) is 0 Å². The van der Waals surface area contributed by atoms with E-state index in [9.17, 15) is 4.79 Å². The van der Waals surface area contributed by atoms with E-state index in [1.165, 1.54) is 0 Å². The number of aldehydes is 1. The summed E-state index contributed by atoms with van der Waals surface area (Å²) in [4.78, 5) is 10.8. The summed E-state index contributed by atoms with van der Waals surface area (Å²) >= 11 is 4.87. The van der Waals surface area contributed by atoms with Crippen LogP contribution >= 0.6 is 27.3 Å². The van der Waals surface area contributed by atoms with Gasteiger partial charge in [-0.15, -0.1) is 11.3 Å². The van der Waals surface area contributed by atoms with Crippen LogP contribution in [0.15, 0.2) is 22.0 Å². The van der Waals surface area contributed by atoms with Crippen molar-refractivity contribution in [3.8, 4) is 0 Å². The highest BCUT2D eigenvalue weighted by atomic mass is 79.9. The maximum atomic E-state index is 10.8. The third-order valence-corrected chi connectivity index (χ3v) is 3.63. The zero-order valence-corrected chi connectivity index (χ0v) is 8.98. The molecule has 0 unspecified atom stereocenters. The van der Waals surface area contributed by atoms with Gasteiger partial charge in [-0.25, -0.2) is 0 Å². The van der Waals surface area contributed by atoms with Crippen LogP contribution in [-0.2, 0) is 0 Å². The Bertz CT molecular complexity index is 478. The molecular weight excluding hydrogens is 250 g/mol. The van der Waals surface area contributed by atoms with Crippen molar-refractivity contribution in [2.24, 2.45) is 0 Å². The van der Waals surface area contributed by atoms with Crippen LogP contribution in [-0.4, -0.2) is 6.29 Å². The third kappa shape index (κ3) is 1.26. The first-order valence-corrected chi connectivity index (χ1v) is 5.31. The molecule has 0 bridgehead atoms. The van der Waals surface area contributed by atoms with E-state index in [1.807, 2.05) is 17.5 Å². The van der Waals surface area contributed by atoms with Gasteiger partial charge in [-0.3, -0.25) is 4.79 Å². The van der Waals surface area contributed by atoms with Gasteiger partial charge in [0.05, 0.1) is 4.47 Å². The minimum absolute atomic E-state index is 0.608. The number of anilines is 1. The van der Waals surface area contributed by atoms with Gasteiger partial charge in [-0.1, -0.05) is 0 Å². The molecule has 1 aromatic heterocycles. The van der Waals surface area contributed by atoms with Crippen molar-refractivity contribution in [3.05, 3.63) is 27.5 Å². The quantitative estimate of drug-likeness (QED) is 0.629. The van der Waals surface area contributed by atoms with Gasteiger partial charge in [0, 0.05) is 21.3 Å². The predicted octanol–water partition coefficient (Wildman–Crippen LogP) is 3.06. The Balaban J connectivity index is 2.95. The Hall–Kier alpha value is -0.870. The summed E-state index contributed by atoms with van der Waals surface area (Å²) in [5.74, 6) is 0. The number of carbonyl (C=O) groups excluding carboxylic acids is 1. The number of hydrogen-bond donors (Lipinski definition) is 1. The van der Waals surface area contributed by atoms with Crippen LogP contribution in [0.1, 0.15) is 10.4 Å². The molecule has 1 heterocycles. The summed E-state index contributed by atoms with van der Waals surface area (Å²) in [5.41, 5.74) is 6.97. The first-order chi connectivity index (χ1) is 6.24. The lowest BCUT2D eigenvalue weighted by atomic mass is 10.1. The van der Waals surface area contributed by atoms with E-state index in [2.05, 4.69) is 15.9 Å². The van der Waals surface area contributed by atoms with E-state index in [0.717, 1.165) is 16.4 Å². The Morgan fingerprint density at radius 3 is 3.00 bits per heavy atom. The first kappa shape index (κ1) is 8.72. The van der Waals surface area contributed by atoms with Gasteiger partial charge in [-0.05, 0) is 33.4 Å². The monoisotopic (exact) mass is 255 g/mol. The zero-order chi connectivity index (χ0) is 9.42. The normalized spacial score (nSPS) is 10.5. The maximum Gasteiger partial charge on any atom is 0.151 e. The number of halogens is 1. The number of fused-ring (bicyclic) bond motifs is 1. The van der Waals surface area contributed by atoms with Crippen LogP contribution in [0.25, 0.3) is 10.1 Å². The van der Waals surface area contributed by atoms with E-state index in [1.54, 1.807) is 11.3 Å². The smallest absolute Gasteiger partial charge is 0.151 e. The Morgan fingerprint density at radius 2 is 2.31 bits per heavy atom. The average molecular weight is 256 g/mol. The van der Waals surface area contributed by atoms with Gasteiger partial charge in [0.1, 0.15) is 0 Å². The van der Waals surface area contributed by atoms with Gasteiger partial charge >= 0.3 is 0 Å². The molecule has 0 aliphatic rings. The number of nitrogens with two attached hydrogens (primary N) is 1. The van der Waals surface area contributed by atoms with Crippen LogP contribution in [0.2, 0.25) is 0 Å². The highest BCUT2D eigenvalue weighted by Gasteiger charge is 2.09. The fourth-order valence-electron chi connectivity index (χ4n) is 1.25. The first-order valence-electron chi connectivity index (χ1n) is 3.64. The lowest BCUT2D eigenvalue weighted by molar-refractivity contribution is 0.112. The standard InChI is InChI=1S/C9H6BrNOS/c10-9-6(4-12)5-1-2-13-8(5)3-7(9)11/h1-4H,11H2. The Labute approximate surface area is 87.5 Å². The molecule has 13 heavy (non-hydrogen) atoms. The minimum Gasteiger partial charge on any atom is -0.398 e. The number of rotatable bonds is 1. The Morgan fingerprint density at radius 1 is 1.54 bits per heavy atom. The molecule has 0 saturated carbocycles. The van der Waals surface area contributed by atoms with Gasteiger partial charge in [0.25, 0.3) is 0 Å². The van der Waals surface area contributed by atoms with Crippen LogP contribution in [0.3, 0.4) is 0 Å². The summed E-state index contributed by atoms with van der Waals surface area (Å²) < 4.78 is 1.73. The molecule has 2 rings (SSSR count). The fraction of sp³-hybridized carbons (Fsp3) is 0. The van der Waals surface area contributed by atoms with E-state index >= 15 is 0 Å². The summed E-state index contributed by atoms with van der Waals surface area (Å²) in [6.07, 6.45) is 0.829. The topological polar surface area (TPSA) is 43.1 Å². The van der Waals surface area contributed by atoms with Gasteiger partial charge in [-0.2, -0.15) is 0 Å². The molecule has 0 aliphatic heterocycles. The van der Waals surface area contributed by atoms with Gasteiger partial charge < -0.3 is 5.73 Å². The number of benzene rings is 1. The minimum atomic E-state index is 0.608. The molecule has 0 atom stereocenters. The van der Waals surface area contributed by atoms with E-state index in [4.69, 9.17) is 5.73 Å². The highest BCUT2D eigenvalue weighted by molar-refractivity contribution is 9.10. The summed E-state index contributed by atoms with van der Waals surface area (Å²) in [5, 5.41) is 2.91. The number of hydrogen-bond acceptors (Lipinski definition) is 3. The lowest BCUT2D eigenvalue weighted by Crippen LogP contribution is -1.91. The number of thiophene rings is 1. The molecule has 4 heteroatoms. The number of carbonyl (C=O) groups is 1. The van der Waals surface area contributed by atoms with Crippen molar-refractivity contribution in [2.75, 3.05) is 5.73 Å². The predicted molar refractivity (Wildman–Crippen MR) is 59.3 cm³/mol. The SMILES string of the molecule is Nc1cc2sccc2c(C=O)c1Br. The molecule has 2 nitrogen and oxygen atoms in total. The third-order valence-electron chi connectivity index (χ3n) is 1.88. The van der Waals surface area contributed by atoms with Crippen molar-refractivity contribution < 1.29 is 4.79 Å². The van der Waals surface area contributed by atoms with Crippen molar-refractivity contribution in [2.45, 2.75) is 0 Å². The van der Waals surface area contributed by atoms with Crippen LogP contribution < -0.4 is 5.73 Å².